The molecule has 2 heterocycles. The second kappa shape index (κ2) is 6.94. The normalized spacial score (nSPS) is 17.1. The van der Waals surface area contributed by atoms with Gasteiger partial charge in [0.1, 0.15) is 5.76 Å². The number of hydrogen-bond acceptors (Lipinski definition) is 4. The highest BCUT2D eigenvalue weighted by atomic mass is 35.5. The van der Waals surface area contributed by atoms with Crippen molar-refractivity contribution < 1.29 is 9.21 Å². The van der Waals surface area contributed by atoms with Gasteiger partial charge in [0.05, 0.1) is 11.6 Å². The minimum atomic E-state index is 0. The first-order valence-corrected chi connectivity index (χ1v) is 7.19. The van der Waals surface area contributed by atoms with Crippen LogP contribution >= 0.6 is 12.4 Å². The quantitative estimate of drug-likeness (QED) is 0.912. The van der Waals surface area contributed by atoms with Crippen molar-refractivity contribution in [2.45, 2.75) is 20.3 Å². The molecule has 1 fully saturated rings. The third kappa shape index (κ3) is 3.48. The summed E-state index contributed by atoms with van der Waals surface area (Å²) in [6.07, 6.45) is 0.893. The average Bonchev–Trinajstić information content (AvgIpc) is 3.10. The number of rotatable bonds is 3. The maximum absolute atomic E-state index is 12.1. The van der Waals surface area contributed by atoms with Gasteiger partial charge in [0.15, 0.2) is 0 Å². The molecule has 2 aromatic rings. The van der Waals surface area contributed by atoms with E-state index in [1.54, 1.807) is 0 Å². The number of aryl methyl sites for hydroxylation is 2. The lowest BCUT2D eigenvalue weighted by atomic mass is 10.1. The summed E-state index contributed by atoms with van der Waals surface area (Å²) in [5.74, 6) is 1.52. The summed E-state index contributed by atoms with van der Waals surface area (Å²) in [6.45, 7) is 5.47. The second-order valence-corrected chi connectivity index (χ2v) is 5.42. The van der Waals surface area contributed by atoms with Gasteiger partial charge in [-0.15, -0.1) is 12.4 Å². The molecule has 1 unspecified atom stereocenters. The van der Waals surface area contributed by atoms with Crippen molar-refractivity contribution in [1.82, 2.24) is 10.3 Å². The SMILES string of the molecule is Cc1nc(-c2cccc(NC(=O)C3CCNC3)c2)oc1C.Cl. The molecular formula is C16H20ClN3O2. The first kappa shape index (κ1) is 16.5. The lowest BCUT2D eigenvalue weighted by Crippen LogP contribution is -2.24. The molecule has 0 saturated carbocycles. The van der Waals surface area contributed by atoms with Crippen LogP contribution in [-0.2, 0) is 4.79 Å². The van der Waals surface area contributed by atoms with Gasteiger partial charge < -0.3 is 15.1 Å². The van der Waals surface area contributed by atoms with E-state index in [4.69, 9.17) is 4.42 Å². The zero-order valence-electron chi connectivity index (χ0n) is 12.7. The fourth-order valence-electron chi connectivity index (χ4n) is 2.45. The molecule has 1 aliphatic heterocycles. The summed E-state index contributed by atoms with van der Waals surface area (Å²) in [6, 6.07) is 7.60. The van der Waals surface area contributed by atoms with Crippen molar-refractivity contribution in [3.63, 3.8) is 0 Å². The van der Waals surface area contributed by atoms with E-state index in [0.29, 0.717) is 5.89 Å². The van der Waals surface area contributed by atoms with Crippen molar-refractivity contribution in [3.8, 4) is 11.5 Å². The molecule has 5 nitrogen and oxygen atoms in total. The minimum Gasteiger partial charge on any atom is -0.441 e. The predicted molar refractivity (Wildman–Crippen MR) is 88.3 cm³/mol. The zero-order valence-corrected chi connectivity index (χ0v) is 13.5. The number of carbonyl (C=O) groups excluding carboxylic acids is 1. The van der Waals surface area contributed by atoms with E-state index >= 15 is 0 Å². The molecule has 0 aliphatic carbocycles. The molecule has 0 radical (unpaired) electrons. The first-order chi connectivity index (χ1) is 10.1. The fraction of sp³-hybridized carbons (Fsp3) is 0.375. The Balaban J connectivity index is 0.00000176. The highest BCUT2D eigenvalue weighted by molar-refractivity contribution is 5.93. The molecule has 1 atom stereocenters. The molecule has 118 valence electrons. The number of aromatic nitrogens is 1. The summed E-state index contributed by atoms with van der Waals surface area (Å²) < 4.78 is 5.63. The number of amides is 1. The van der Waals surface area contributed by atoms with Gasteiger partial charge in [-0.2, -0.15) is 0 Å². The molecule has 1 aromatic carbocycles. The Morgan fingerprint density at radius 2 is 2.23 bits per heavy atom. The highest BCUT2D eigenvalue weighted by Gasteiger charge is 2.22. The standard InChI is InChI=1S/C16H19N3O2.ClH/c1-10-11(2)21-16(18-10)12-4-3-5-14(8-12)19-15(20)13-6-7-17-9-13;/h3-5,8,13,17H,6-7,9H2,1-2H3,(H,19,20);1H. The van der Waals surface area contributed by atoms with Gasteiger partial charge in [0, 0.05) is 17.8 Å². The van der Waals surface area contributed by atoms with Crippen LogP contribution in [0.25, 0.3) is 11.5 Å². The first-order valence-electron chi connectivity index (χ1n) is 7.19. The number of carbonyl (C=O) groups is 1. The van der Waals surface area contributed by atoms with Crippen LogP contribution in [-0.4, -0.2) is 24.0 Å². The summed E-state index contributed by atoms with van der Waals surface area (Å²) in [7, 11) is 0. The van der Waals surface area contributed by atoms with Gasteiger partial charge in [0.2, 0.25) is 11.8 Å². The van der Waals surface area contributed by atoms with E-state index in [1.165, 1.54) is 0 Å². The number of anilines is 1. The van der Waals surface area contributed by atoms with Gasteiger partial charge in [-0.1, -0.05) is 6.07 Å². The molecule has 1 aromatic heterocycles. The van der Waals surface area contributed by atoms with Gasteiger partial charge in [-0.05, 0) is 45.0 Å². The van der Waals surface area contributed by atoms with Crippen molar-refractivity contribution in [2.24, 2.45) is 5.92 Å². The predicted octanol–water partition coefficient (Wildman–Crippen LogP) is 2.93. The van der Waals surface area contributed by atoms with Gasteiger partial charge >= 0.3 is 0 Å². The van der Waals surface area contributed by atoms with Gasteiger partial charge in [-0.3, -0.25) is 4.79 Å². The lowest BCUT2D eigenvalue weighted by Gasteiger charge is -2.10. The summed E-state index contributed by atoms with van der Waals surface area (Å²) >= 11 is 0. The van der Waals surface area contributed by atoms with Crippen LogP contribution in [0.3, 0.4) is 0 Å². The number of oxazole rings is 1. The van der Waals surface area contributed by atoms with Gasteiger partial charge in [-0.25, -0.2) is 4.98 Å². The van der Waals surface area contributed by atoms with Crippen LogP contribution in [0.15, 0.2) is 28.7 Å². The van der Waals surface area contributed by atoms with E-state index in [2.05, 4.69) is 15.6 Å². The average molecular weight is 322 g/mol. The van der Waals surface area contributed by atoms with Crippen LogP contribution in [0, 0.1) is 19.8 Å². The molecule has 0 spiro atoms. The number of nitrogens with one attached hydrogen (secondary N) is 2. The Hall–Kier alpha value is -1.85. The highest BCUT2D eigenvalue weighted by Crippen LogP contribution is 2.24. The lowest BCUT2D eigenvalue weighted by molar-refractivity contribution is -0.119. The maximum Gasteiger partial charge on any atom is 0.228 e. The van der Waals surface area contributed by atoms with E-state index in [9.17, 15) is 4.79 Å². The summed E-state index contributed by atoms with van der Waals surface area (Å²) in [5.41, 5.74) is 2.53. The molecule has 1 saturated heterocycles. The van der Waals surface area contributed by atoms with E-state index in [0.717, 1.165) is 42.2 Å². The Kier molecular flexibility index (Phi) is 5.21. The molecule has 0 bridgehead atoms. The third-order valence-corrected chi connectivity index (χ3v) is 3.84. The Labute approximate surface area is 135 Å². The number of hydrogen-bond donors (Lipinski definition) is 2. The molecule has 6 heteroatoms. The van der Waals surface area contributed by atoms with Crippen molar-refractivity contribution in [1.29, 1.82) is 0 Å². The van der Waals surface area contributed by atoms with E-state index < -0.39 is 0 Å². The van der Waals surface area contributed by atoms with Gasteiger partial charge in [0.25, 0.3) is 0 Å². The maximum atomic E-state index is 12.1. The van der Waals surface area contributed by atoms with Crippen LogP contribution in [0.5, 0.6) is 0 Å². The third-order valence-electron chi connectivity index (χ3n) is 3.84. The topological polar surface area (TPSA) is 67.2 Å². The van der Waals surface area contributed by atoms with Crippen molar-refractivity contribution in [3.05, 3.63) is 35.7 Å². The molecule has 1 amide bonds. The van der Waals surface area contributed by atoms with Crippen LogP contribution in [0.1, 0.15) is 17.9 Å². The van der Waals surface area contributed by atoms with E-state index in [-0.39, 0.29) is 24.2 Å². The van der Waals surface area contributed by atoms with Crippen molar-refractivity contribution >= 4 is 24.0 Å². The Morgan fingerprint density at radius 3 is 2.86 bits per heavy atom. The molecule has 22 heavy (non-hydrogen) atoms. The smallest absolute Gasteiger partial charge is 0.228 e. The van der Waals surface area contributed by atoms with Crippen LogP contribution < -0.4 is 10.6 Å². The number of halogens is 1. The zero-order chi connectivity index (χ0) is 14.8. The van der Waals surface area contributed by atoms with Crippen LogP contribution in [0.4, 0.5) is 5.69 Å². The molecule has 2 N–H and O–H groups in total. The second-order valence-electron chi connectivity index (χ2n) is 5.42. The monoisotopic (exact) mass is 321 g/mol. The van der Waals surface area contributed by atoms with Crippen molar-refractivity contribution in [2.75, 3.05) is 18.4 Å². The minimum absolute atomic E-state index is 0. The fourth-order valence-corrected chi connectivity index (χ4v) is 2.45. The molecule has 1 aliphatic rings. The molecule has 3 rings (SSSR count). The largest absolute Gasteiger partial charge is 0.441 e. The Morgan fingerprint density at radius 1 is 1.41 bits per heavy atom. The number of nitrogens with zero attached hydrogens (tertiary/aromatic N) is 1. The van der Waals surface area contributed by atoms with Crippen LogP contribution in [0.2, 0.25) is 0 Å². The number of benzene rings is 1. The molecular weight excluding hydrogens is 302 g/mol. The Bertz CT molecular complexity index is 644. The summed E-state index contributed by atoms with van der Waals surface area (Å²) in [5, 5.41) is 6.17. The van der Waals surface area contributed by atoms with E-state index in [1.807, 2.05) is 38.1 Å². The summed E-state index contributed by atoms with van der Waals surface area (Å²) in [4.78, 5) is 16.5.